The first-order chi connectivity index (χ1) is 7.63. The number of nitrogens with one attached hydrogen (secondary N) is 1. The third-order valence-corrected chi connectivity index (χ3v) is 6.37. The fourth-order valence-electron chi connectivity index (χ4n) is 3.22. The minimum Gasteiger partial charge on any atom is -0.313 e. The molecule has 0 aromatic rings. The van der Waals surface area contributed by atoms with Crippen molar-refractivity contribution in [3.63, 3.8) is 0 Å². The average molecular weight is 245 g/mol. The Balaban J connectivity index is 2.11. The van der Waals surface area contributed by atoms with Gasteiger partial charge in [-0.1, -0.05) is 19.8 Å². The van der Waals surface area contributed by atoms with E-state index in [4.69, 9.17) is 0 Å². The lowest BCUT2D eigenvalue weighted by atomic mass is 9.83. The third kappa shape index (κ3) is 2.59. The Morgan fingerprint density at radius 1 is 1.31 bits per heavy atom. The Labute approximate surface area is 98.9 Å². The van der Waals surface area contributed by atoms with Gasteiger partial charge in [0.05, 0.1) is 11.0 Å². The van der Waals surface area contributed by atoms with Gasteiger partial charge < -0.3 is 5.32 Å². The standard InChI is InChI=1S/C12H23NO2S/c1-2-4-10-5-6-11-12(9-10)16(14,15)8-3-7-13-11/h10-13H,2-9H2,1H3. The molecule has 2 fully saturated rings. The predicted molar refractivity (Wildman–Crippen MR) is 66.2 cm³/mol. The first kappa shape index (κ1) is 12.4. The molecular formula is C12H23NO2S. The second-order valence-corrected chi connectivity index (χ2v) is 7.63. The molecule has 1 saturated heterocycles. The predicted octanol–water partition coefficient (Wildman–Crippen LogP) is 1.73. The van der Waals surface area contributed by atoms with Crippen LogP contribution in [0.15, 0.2) is 0 Å². The number of hydrogen-bond donors (Lipinski definition) is 1. The van der Waals surface area contributed by atoms with E-state index in [0.29, 0.717) is 11.7 Å². The van der Waals surface area contributed by atoms with Crippen LogP contribution in [0.3, 0.4) is 0 Å². The summed E-state index contributed by atoms with van der Waals surface area (Å²) in [5, 5.41) is 3.33. The first-order valence-electron chi connectivity index (χ1n) is 6.58. The van der Waals surface area contributed by atoms with Crippen LogP contribution in [0.4, 0.5) is 0 Å². The SMILES string of the molecule is CCCC1CCC2NCCCS(=O)(=O)C2C1. The fraction of sp³-hybridized carbons (Fsp3) is 1.00. The van der Waals surface area contributed by atoms with Crippen molar-refractivity contribution in [2.45, 2.75) is 56.7 Å². The van der Waals surface area contributed by atoms with Crippen molar-refractivity contribution in [1.82, 2.24) is 5.32 Å². The Morgan fingerprint density at radius 3 is 2.88 bits per heavy atom. The third-order valence-electron chi connectivity index (χ3n) is 4.07. The molecule has 0 amide bonds. The maximum atomic E-state index is 12.1. The van der Waals surface area contributed by atoms with Crippen molar-refractivity contribution >= 4 is 9.84 Å². The van der Waals surface area contributed by atoms with Crippen LogP contribution in [0.25, 0.3) is 0 Å². The highest BCUT2D eigenvalue weighted by atomic mass is 32.2. The molecule has 3 unspecified atom stereocenters. The second-order valence-electron chi connectivity index (χ2n) is 5.29. The molecule has 0 aromatic heterocycles. The molecule has 94 valence electrons. The Hall–Kier alpha value is -0.0900. The minimum atomic E-state index is -2.83. The number of sulfone groups is 1. The lowest BCUT2D eigenvalue weighted by Gasteiger charge is -2.34. The van der Waals surface area contributed by atoms with Crippen LogP contribution in [-0.2, 0) is 9.84 Å². The van der Waals surface area contributed by atoms with Crippen LogP contribution in [0, 0.1) is 5.92 Å². The van der Waals surface area contributed by atoms with Gasteiger partial charge in [-0.25, -0.2) is 8.42 Å². The van der Waals surface area contributed by atoms with Crippen LogP contribution in [0.1, 0.15) is 45.4 Å². The average Bonchev–Trinajstić information content (AvgIpc) is 2.39. The molecule has 2 aliphatic rings. The summed E-state index contributed by atoms with van der Waals surface area (Å²) in [6.45, 7) is 3.06. The molecular weight excluding hydrogens is 222 g/mol. The maximum Gasteiger partial charge on any atom is 0.154 e. The van der Waals surface area contributed by atoms with E-state index in [0.717, 1.165) is 25.8 Å². The Morgan fingerprint density at radius 2 is 2.12 bits per heavy atom. The molecule has 0 bridgehead atoms. The lowest BCUT2D eigenvalue weighted by Crippen LogP contribution is -2.46. The molecule has 0 aromatic carbocycles. The van der Waals surface area contributed by atoms with E-state index < -0.39 is 9.84 Å². The molecule has 1 heterocycles. The summed E-state index contributed by atoms with van der Waals surface area (Å²) in [4.78, 5) is 0. The quantitative estimate of drug-likeness (QED) is 0.806. The normalized spacial score (nSPS) is 38.7. The Bertz CT molecular complexity index is 326. The molecule has 3 nitrogen and oxygen atoms in total. The number of hydrogen-bond acceptors (Lipinski definition) is 3. The van der Waals surface area contributed by atoms with E-state index in [1.54, 1.807) is 0 Å². The largest absolute Gasteiger partial charge is 0.313 e. The molecule has 0 radical (unpaired) electrons. The number of rotatable bonds is 2. The van der Waals surface area contributed by atoms with Crippen LogP contribution in [0.2, 0.25) is 0 Å². The van der Waals surface area contributed by atoms with E-state index in [1.807, 2.05) is 0 Å². The van der Waals surface area contributed by atoms with Gasteiger partial charge >= 0.3 is 0 Å². The molecule has 1 aliphatic carbocycles. The molecule has 4 heteroatoms. The first-order valence-corrected chi connectivity index (χ1v) is 8.30. The van der Waals surface area contributed by atoms with Gasteiger partial charge in [0.25, 0.3) is 0 Å². The second kappa shape index (κ2) is 5.05. The van der Waals surface area contributed by atoms with E-state index in [9.17, 15) is 8.42 Å². The zero-order chi connectivity index (χ0) is 11.6. The molecule has 3 atom stereocenters. The van der Waals surface area contributed by atoms with Gasteiger partial charge in [0.2, 0.25) is 0 Å². The molecule has 16 heavy (non-hydrogen) atoms. The van der Waals surface area contributed by atoms with E-state index in [-0.39, 0.29) is 11.3 Å². The highest BCUT2D eigenvalue weighted by Crippen LogP contribution is 2.33. The van der Waals surface area contributed by atoms with Gasteiger partial charge in [0.1, 0.15) is 0 Å². The molecule has 2 rings (SSSR count). The summed E-state index contributed by atoms with van der Waals surface area (Å²) in [5.41, 5.74) is 0. The summed E-state index contributed by atoms with van der Waals surface area (Å²) < 4.78 is 24.3. The minimum absolute atomic E-state index is 0.0969. The van der Waals surface area contributed by atoms with Crippen molar-refractivity contribution in [1.29, 1.82) is 0 Å². The molecule has 0 spiro atoms. The Kier molecular flexibility index (Phi) is 3.90. The summed E-state index contributed by atoms with van der Waals surface area (Å²) in [7, 11) is -2.83. The van der Waals surface area contributed by atoms with Crippen LogP contribution >= 0.6 is 0 Å². The lowest BCUT2D eigenvalue weighted by molar-refractivity contribution is 0.284. The van der Waals surface area contributed by atoms with Gasteiger partial charge in [-0.15, -0.1) is 0 Å². The fourth-order valence-corrected chi connectivity index (χ4v) is 5.37. The smallest absolute Gasteiger partial charge is 0.154 e. The van der Waals surface area contributed by atoms with E-state index >= 15 is 0 Å². The van der Waals surface area contributed by atoms with Gasteiger partial charge in [-0.05, 0) is 38.1 Å². The van der Waals surface area contributed by atoms with Gasteiger partial charge in [-0.3, -0.25) is 0 Å². The zero-order valence-corrected chi connectivity index (χ0v) is 10.9. The molecule has 1 aliphatic heterocycles. The van der Waals surface area contributed by atoms with E-state index in [2.05, 4.69) is 12.2 Å². The molecule has 1 N–H and O–H groups in total. The molecule has 1 saturated carbocycles. The summed E-state index contributed by atoms with van der Waals surface area (Å²) in [6, 6.07) is 0.237. The van der Waals surface area contributed by atoms with Gasteiger partial charge in [0, 0.05) is 6.04 Å². The summed E-state index contributed by atoms with van der Waals surface area (Å²) in [5.74, 6) is 1.03. The summed E-state index contributed by atoms with van der Waals surface area (Å²) >= 11 is 0. The van der Waals surface area contributed by atoms with Crippen LogP contribution < -0.4 is 5.32 Å². The highest BCUT2D eigenvalue weighted by Gasteiger charge is 2.39. The van der Waals surface area contributed by atoms with Crippen molar-refractivity contribution in [3.8, 4) is 0 Å². The topological polar surface area (TPSA) is 46.2 Å². The monoisotopic (exact) mass is 245 g/mol. The van der Waals surface area contributed by atoms with Gasteiger partial charge in [-0.2, -0.15) is 0 Å². The van der Waals surface area contributed by atoms with E-state index in [1.165, 1.54) is 19.3 Å². The van der Waals surface area contributed by atoms with Crippen molar-refractivity contribution < 1.29 is 8.42 Å². The maximum absolute atomic E-state index is 12.1. The highest BCUT2D eigenvalue weighted by molar-refractivity contribution is 7.92. The van der Waals surface area contributed by atoms with Crippen molar-refractivity contribution in [3.05, 3.63) is 0 Å². The van der Waals surface area contributed by atoms with Gasteiger partial charge in [0.15, 0.2) is 9.84 Å². The van der Waals surface area contributed by atoms with Crippen molar-refractivity contribution in [2.24, 2.45) is 5.92 Å². The van der Waals surface area contributed by atoms with Crippen LogP contribution in [0.5, 0.6) is 0 Å². The summed E-state index contributed by atoms with van der Waals surface area (Å²) in [6.07, 6.45) is 6.31. The zero-order valence-electron chi connectivity index (χ0n) is 10.1. The van der Waals surface area contributed by atoms with Crippen molar-refractivity contribution in [2.75, 3.05) is 12.3 Å². The van der Waals surface area contributed by atoms with Crippen LogP contribution in [-0.4, -0.2) is 32.0 Å². The number of fused-ring (bicyclic) bond motifs is 1.